The van der Waals surface area contributed by atoms with Gasteiger partial charge in [0.25, 0.3) is 5.56 Å². The molecule has 3 rings (SSSR count). The Labute approximate surface area is 118 Å². The van der Waals surface area contributed by atoms with Crippen LogP contribution in [0.1, 0.15) is 15.9 Å². The van der Waals surface area contributed by atoms with Gasteiger partial charge in [-0.15, -0.1) is 0 Å². The van der Waals surface area contributed by atoms with Crippen LogP contribution in [-0.4, -0.2) is 15.0 Å². The van der Waals surface area contributed by atoms with E-state index in [-0.39, 0.29) is 11.1 Å². The minimum atomic E-state index is -0.987. The Morgan fingerprint density at radius 3 is 2.65 bits per heavy atom. The largest absolute Gasteiger partial charge is 0.478 e. The van der Waals surface area contributed by atoms with Gasteiger partial charge in [0.1, 0.15) is 0 Å². The molecule has 1 heterocycles. The van der Waals surface area contributed by atoms with Crippen molar-refractivity contribution in [2.75, 3.05) is 0 Å². The van der Waals surface area contributed by atoms with Crippen molar-refractivity contribution in [3.8, 4) is 5.69 Å². The van der Waals surface area contributed by atoms with Gasteiger partial charge in [0, 0.05) is 0 Å². The summed E-state index contributed by atoms with van der Waals surface area (Å²) in [5.41, 5.74) is 1.35. The zero-order valence-corrected chi connectivity index (χ0v) is 11.5. The number of hydrogen-bond acceptors (Lipinski definition) is 3. The summed E-state index contributed by atoms with van der Waals surface area (Å²) in [5.74, 6) is -0.987. The molecule has 0 amide bonds. The lowest BCUT2D eigenvalue weighted by atomic mass is 10.1. The van der Waals surface area contributed by atoms with Crippen LogP contribution in [0.5, 0.6) is 0 Å². The average Bonchev–Trinajstić information content (AvgIpc) is 2.77. The first kappa shape index (κ1) is 12.6. The first-order chi connectivity index (χ1) is 9.58. The van der Waals surface area contributed by atoms with E-state index in [1.54, 1.807) is 25.1 Å². The van der Waals surface area contributed by atoms with Crippen LogP contribution < -0.4 is 5.56 Å². The summed E-state index contributed by atoms with van der Waals surface area (Å²) < 4.78 is 2.41. The van der Waals surface area contributed by atoms with Crippen LogP contribution >= 0.6 is 11.5 Å². The number of aromatic nitrogens is 1. The smallest absolute Gasteiger partial charge is 0.336 e. The van der Waals surface area contributed by atoms with Crippen molar-refractivity contribution in [2.45, 2.75) is 6.92 Å². The molecule has 0 aliphatic rings. The molecule has 1 N–H and O–H groups in total. The standard InChI is InChI=1S/C15H11NO3S/c1-9-6-7-10(8-12(9)15(18)19)16-14(17)11-4-2-3-5-13(11)20-16/h2-8H,1H3,(H,18,19). The van der Waals surface area contributed by atoms with Crippen molar-refractivity contribution in [3.63, 3.8) is 0 Å². The molecule has 2 aromatic carbocycles. The van der Waals surface area contributed by atoms with Crippen LogP contribution in [0.2, 0.25) is 0 Å². The second-order valence-electron chi connectivity index (χ2n) is 4.49. The number of carboxylic acid groups (broad SMARTS) is 1. The van der Waals surface area contributed by atoms with Gasteiger partial charge >= 0.3 is 5.97 Å². The summed E-state index contributed by atoms with van der Waals surface area (Å²) in [5, 5.41) is 9.81. The molecule has 0 aliphatic carbocycles. The normalized spacial score (nSPS) is 10.8. The van der Waals surface area contributed by atoms with E-state index in [0.717, 1.165) is 4.70 Å². The topological polar surface area (TPSA) is 59.3 Å². The molecule has 100 valence electrons. The Kier molecular flexibility index (Phi) is 2.91. The summed E-state index contributed by atoms with van der Waals surface area (Å²) in [6.45, 7) is 1.74. The highest BCUT2D eigenvalue weighted by Crippen LogP contribution is 2.21. The molecule has 0 aliphatic heterocycles. The second kappa shape index (κ2) is 4.61. The zero-order valence-electron chi connectivity index (χ0n) is 10.7. The lowest BCUT2D eigenvalue weighted by molar-refractivity contribution is 0.0696. The highest BCUT2D eigenvalue weighted by atomic mass is 32.1. The minimum Gasteiger partial charge on any atom is -0.478 e. The monoisotopic (exact) mass is 285 g/mol. The lowest BCUT2D eigenvalue weighted by Gasteiger charge is -2.04. The Morgan fingerprint density at radius 1 is 1.20 bits per heavy atom. The quantitative estimate of drug-likeness (QED) is 0.787. The maximum atomic E-state index is 12.3. The van der Waals surface area contributed by atoms with E-state index in [4.69, 9.17) is 5.11 Å². The van der Waals surface area contributed by atoms with Crippen LogP contribution in [0.25, 0.3) is 15.8 Å². The van der Waals surface area contributed by atoms with Crippen molar-refractivity contribution < 1.29 is 9.90 Å². The molecule has 0 radical (unpaired) electrons. The third-order valence-electron chi connectivity index (χ3n) is 3.18. The number of fused-ring (bicyclic) bond motifs is 1. The number of aryl methyl sites for hydroxylation is 1. The van der Waals surface area contributed by atoms with Gasteiger partial charge in [0.05, 0.1) is 21.3 Å². The molecule has 0 saturated carbocycles. The third kappa shape index (κ3) is 1.92. The Balaban J connectivity index is 2.26. The van der Waals surface area contributed by atoms with Gasteiger partial charge in [0.2, 0.25) is 0 Å². The lowest BCUT2D eigenvalue weighted by Crippen LogP contribution is -2.12. The molecule has 0 unspecified atom stereocenters. The molecule has 0 bridgehead atoms. The van der Waals surface area contributed by atoms with Crippen LogP contribution in [0.3, 0.4) is 0 Å². The minimum absolute atomic E-state index is 0.120. The summed E-state index contributed by atoms with van der Waals surface area (Å²) in [7, 11) is 0. The molecular formula is C15H11NO3S. The Bertz CT molecular complexity index is 876. The maximum absolute atomic E-state index is 12.3. The van der Waals surface area contributed by atoms with Crippen molar-refractivity contribution >= 4 is 27.6 Å². The highest BCUT2D eigenvalue weighted by molar-refractivity contribution is 7.14. The average molecular weight is 285 g/mol. The van der Waals surface area contributed by atoms with Gasteiger partial charge in [-0.25, -0.2) is 8.75 Å². The van der Waals surface area contributed by atoms with E-state index in [1.807, 2.05) is 18.2 Å². The van der Waals surface area contributed by atoms with Gasteiger partial charge in [-0.05, 0) is 36.8 Å². The van der Waals surface area contributed by atoms with Crippen molar-refractivity contribution in [1.82, 2.24) is 3.96 Å². The number of carbonyl (C=O) groups is 1. The maximum Gasteiger partial charge on any atom is 0.336 e. The predicted octanol–water partition coefficient (Wildman–Crippen LogP) is 3.06. The first-order valence-corrected chi connectivity index (χ1v) is 6.80. The van der Waals surface area contributed by atoms with Gasteiger partial charge in [-0.1, -0.05) is 29.7 Å². The number of benzene rings is 2. The zero-order chi connectivity index (χ0) is 14.3. The SMILES string of the molecule is Cc1ccc(-n2sc3ccccc3c2=O)cc1C(=O)O. The molecule has 0 spiro atoms. The van der Waals surface area contributed by atoms with E-state index >= 15 is 0 Å². The van der Waals surface area contributed by atoms with Crippen molar-refractivity contribution in [3.05, 3.63) is 63.9 Å². The van der Waals surface area contributed by atoms with Gasteiger partial charge in [-0.2, -0.15) is 0 Å². The van der Waals surface area contributed by atoms with Gasteiger partial charge in [-0.3, -0.25) is 4.79 Å². The number of nitrogens with zero attached hydrogens (tertiary/aromatic N) is 1. The fourth-order valence-electron chi connectivity index (χ4n) is 2.11. The van der Waals surface area contributed by atoms with E-state index in [1.165, 1.54) is 21.6 Å². The van der Waals surface area contributed by atoms with E-state index in [2.05, 4.69) is 0 Å². The summed E-state index contributed by atoms with van der Waals surface area (Å²) >= 11 is 1.31. The molecule has 1 aromatic heterocycles. The molecule has 5 heteroatoms. The van der Waals surface area contributed by atoms with Crippen molar-refractivity contribution in [2.24, 2.45) is 0 Å². The summed E-state index contributed by atoms with van der Waals surface area (Å²) in [6, 6.07) is 12.4. The molecule has 0 saturated heterocycles. The highest BCUT2D eigenvalue weighted by Gasteiger charge is 2.12. The number of carboxylic acids is 1. The fourth-order valence-corrected chi connectivity index (χ4v) is 3.10. The predicted molar refractivity (Wildman–Crippen MR) is 79.1 cm³/mol. The molecule has 0 fully saturated rings. The second-order valence-corrected chi connectivity index (χ2v) is 5.48. The fraction of sp³-hybridized carbons (Fsp3) is 0.0667. The molecule has 0 atom stereocenters. The first-order valence-electron chi connectivity index (χ1n) is 6.03. The van der Waals surface area contributed by atoms with Crippen molar-refractivity contribution in [1.29, 1.82) is 0 Å². The molecular weight excluding hydrogens is 274 g/mol. The molecule has 20 heavy (non-hydrogen) atoms. The number of hydrogen-bond donors (Lipinski definition) is 1. The molecule has 3 aromatic rings. The van der Waals surface area contributed by atoms with Gasteiger partial charge < -0.3 is 5.11 Å². The number of aromatic carboxylic acids is 1. The van der Waals surface area contributed by atoms with E-state index in [9.17, 15) is 9.59 Å². The Hall–Kier alpha value is -2.40. The van der Waals surface area contributed by atoms with Crippen LogP contribution in [0, 0.1) is 6.92 Å². The van der Waals surface area contributed by atoms with E-state index < -0.39 is 5.97 Å². The van der Waals surface area contributed by atoms with Crippen LogP contribution in [-0.2, 0) is 0 Å². The third-order valence-corrected chi connectivity index (χ3v) is 4.29. The summed E-state index contributed by atoms with van der Waals surface area (Å²) in [6.07, 6.45) is 0. The Morgan fingerprint density at radius 2 is 1.95 bits per heavy atom. The van der Waals surface area contributed by atoms with Gasteiger partial charge in [0.15, 0.2) is 0 Å². The summed E-state index contributed by atoms with van der Waals surface area (Å²) in [4.78, 5) is 23.5. The van der Waals surface area contributed by atoms with E-state index in [0.29, 0.717) is 16.6 Å². The van der Waals surface area contributed by atoms with Crippen LogP contribution in [0.15, 0.2) is 47.3 Å². The van der Waals surface area contributed by atoms with Crippen LogP contribution in [0.4, 0.5) is 0 Å². The number of rotatable bonds is 2. The molecule has 4 nitrogen and oxygen atoms in total.